The Kier molecular flexibility index (Phi) is 3.73. The van der Waals surface area contributed by atoms with Gasteiger partial charge in [0.25, 0.3) is 5.56 Å². The maximum absolute atomic E-state index is 13.3. The number of hydrogen-bond acceptors (Lipinski definition) is 6. The van der Waals surface area contributed by atoms with Crippen LogP contribution in [0.3, 0.4) is 0 Å². The van der Waals surface area contributed by atoms with Crippen molar-refractivity contribution < 1.29 is 14.6 Å². The summed E-state index contributed by atoms with van der Waals surface area (Å²) in [6, 6.07) is 11.9. The fourth-order valence-corrected chi connectivity index (χ4v) is 4.24. The first-order chi connectivity index (χ1) is 14.4. The van der Waals surface area contributed by atoms with E-state index in [-0.39, 0.29) is 22.8 Å². The van der Waals surface area contributed by atoms with E-state index in [1.165, 1.54) is 17.7 Å². The Balaban J connectivity index is 1.86. The number of Topliss-reactive ketones (excluding diaryl/α,β-unsaturated/α-hetero) is 1. The lowest BCUT2D eigenvalue weighted by atomic mass is 9.81. The Morgan fingerprint density at radius 2 is 1.80 bits per heavy atom. The first-order valence-corrected chi connectivity index (χ1v) is 9.27. The molecule has 3 aromatic rings. The van der Waals surface area contributed by atoms with E-state index in [1.54, 1.807) is 31.3 Å². The summed E-state index contributed by atoms with van der Waals surface area (Å²) in [5, 5.41) is 13.2. The van der Waals surface area contributed by atoms with Crippen LogP contribution in [0.2, 0.25) is 0 Å². The highest BCUT2D eigenvalue weighted by Crippen LogP contribution is 2.48. The van der Waals surface area contributed by atoms with Gasteiger partial charge in [0.15, 0.2) is 17.3 Å². The fraction of sp³-hybridized carbons (Fsp3) is 0.136. The average Bonchev–Trinajstić information content (AvgIpc) is 3.03. The molecule has 8 heteroatoms. The van der Waals surface area contributed by atoms with Crippen molar-refractivity contribution in [3.8, 4) is 11.5 Å². The Bertz CT molecular complexity index is 1400. The Labute approximate surface area is 170 Å². The van der Waals surface area contributed by atoms with Crippen molar-refractivity contribution in [1.82, 2.24) is 9.55 Å². The van der Waals surface area contributed by atoms with Gasteiger partial charge in [-0.05, 0) is 17.7 Å². The van der Waals surface area contributed by atoms with Gasteiger partial charge in [0, 0.05) is 29.7 Å². The second-order valence-electron chi connectivity index (χ2n) is 7.23. The fourth-order valence-electron chi connectivity index (χ4n) is 4.24. The van der Waals surface area contributed by atoms with Gasteiger partial charge in [-0.3, -0.25) is 19.1 Å². The van der Waals surface area contributed by atoms with E-state index in [0.717, 1.165) is 0 Å². The summed E-state index contributed by atoms with van der Waals surface area (Å²) < 4.78 is 6.55. The monoisotopic (exact) mass is 403 g/mol. The SMILES string of the molecule is COc1cc([C@H]2C3=C(Nc4c2c(=O)[nH]c(=O)n4C)c2ccccc2C3=O)ccc1O. The number of hydrogen-bond donors (Lipinski definition) is 3. The van der Waals surface area contributed by atoms with Crippen LogP contribution >= 0.6 is 0 Å². The first kappa shape index (κ1) is 18.0. The number of phenols is 1. The summed E-state index contributed by atoms with van der Waals surface area (Å²) in [6.07, 6.45) is 0. The van der Waals surface area contributed by atoms with Crippen molar-refractivity contribution in [3.63, 3.8) is 0 Å². The van der Waals surface area contributed by atoms with E-state index in [1.807, 2.05) is 12.1 Å². The number of ether oxygens (including phenoxy) is 1. The van der Waals surface area contributed by atoms with E-state index in [9.17, 15) is 19.5 Å². The number of fused-ring (bicyclic) bond motifs is 3. The first-order valence-electron chi connectivity index (χ1n) is 9.27. The molecule has 1 aliphatic carbocycles. The van der Waals surface area contributed by atoms with Crippen LogP contribution in [0, 0.1) is 0 Å². The smallest absolute Gasteiger partial charge is 0.329 e. The lowest BCUT2D eigenvalue weighted by molar-refractivity contribution is 0.103. The van der Waals surface area contributed by atoms with Gasteiger partial charge in [0.05, 0.1) is 18.4 Å². The number of aromatic nitrogens is 2. The number of ketones is 1. The zero-order valence-corrected chi connectivity index (χ0v) is 16.1. The van der Waals surface area contributed by atoms with Crippen molar-refractivity contribution in [2.24, 2.45) is 7.05 Å². The summed E-state index contributed by atoms with van der Waals surface area (Å²) in [5.41, 5.74) is 1.94. The van der Waals surface area contributed by atoms with Gasteiger partial charge in [-0.25, -0.2) is 4.79 Å². The number of nitrogens with zero attached hydrogens (tertiary/aromatic N) is 1. The van der Waals surface area contributed by atoms with Gasteiger partial charge >= 0.3 is 5.69 Å². The molecule has 1 atom stereocenters. The van der Waals surface area contributed by atoms with Crippen LogP contribution in [0.1, 0.15) is 33.0 Å². The second-order valence-corrected chi connectivity index (χ2v) is 7.23. The maximum Gasteiger partial charge on any atom is 0.329 e. The number of nitrogens with one attached hydrogen (secondary N) is 2. The predicted octanol–water partition coefficient (Wildman–Crippen LogP) is 1.95. The standard InChI is InChI=1S/C22H17N3O5/c1-25-20-17(21(28)24-22(25)29)15(10-7-8-13(26)14(9-10)30-2)16-18(23-20)11-5-3-4-6-12(11)19(16)27/h3-9,15,23,26H,1-2H3,(H,24,28,29)/t15-/m0/s1. The molecule has 2 aliphatic rings. The molecule has 1 aromatic heterocycles. The van der Waals surface area contributed by atoms with E-state index in [4.69, 9.17) is 4.74 Å². The second kappa shape index (κ2) is 6.21. The molecule has 0 unspecified atom stereocenters. The molecule has 0 radical (unpaired) electrons. The van der Waals surface area contributed by atoms with Crippen molar-refractivity contribution in [1.29, 1.82) is 0 Å². The van der Waals surface area contributed by atoms with E-state index in [2.05, 4.69) is 10.3 Å². The highest BCUT2D eigenvalue weighted by atomic mass is 16.5. The lowest BCUT2D eigenvalue weighted by Gasteiger charge is -2.29. The molecule has 0 bridgehead atoms. The number of aromatic hydroxyl groups is 1. The lowest BCUT2D eigenvalue weighted by Crippen LogP contribution is -2.37. The van der Waals surface area contributed by atoms with Crippen LogP contribution in [-0.2, 0) is 7.05 Å². The highest BCUT2D eigenvalue weighted by molar-refractivity contribution is 6.23. The molecular formula is C22H17N3O5. The predicted molar refractivity (Wildman–Crippen MR) is 110 cm³/mol. The van der Waals surface area contributed by atoms with Crippen LogP contribution in [0.25, 0.3) is 5.70 Å². The van der Waals surface area contributed by atoms with Gasteiger partial charge in [-0.1, -0.05) is 30.3 Å². The normalized spacial score (nSPS) is 16.6. The molecule has 3 N–H and O–H groups in total. The number of carbonyl (C=O) groups is 1. The maximum atomic E-state index is 13.3. The molecule has 2 heterocycles. The van der Waals surface area contributed by atoms with Crippen LogP contribution in [0.15, 0.2) is 57.6 Å². The van der Waals surface area contributed by atoms with Gasteiger partial charge in [-0.15, -0.1) is 0 Å². The molecule has 1 aliphatic heterocycles. The van der Waals surface area contributed by atoms with Crippen LogP contribution in [-0.4, -0.2) is 27.6 Å². The quantitative estimate of drug-likeness (QED) is 0.603. The number of carbonyl (C=O) groups excluding carboxylic acids is 1. The summed E-state index contributed by atoms with van der Waals surface area (Å²) in [5.74, 6) is -0.451. The Hall–Kier alpha value is -4.07. The third-order valence-electron chi connectivity index (χ3n) is 5.67. The van der Waals surface area contributed by atoms with Crippen molar-refractivity contribution in [2.45, 2.75) is 5.92 Å². The topological polar surface area (TPSA) is 113 Å². The third kappa shape index (κ3) is 2.30. The minimum atomic E-state index is -0.749. The molecule has 0 spiro atoms. The molecule has 0 saturated carbocycles. The van der Waals surface area contributed by atoms with Crippen molar-refractivity contribution in [2.75, 3.05) is 12.4 Å². The molecule has 30 heavy (non-hydrogen) atoms. The van der Waals surface area contributed by atoms with Gasteiger partial charge in [0.2, 0.25) is 0 Å². The zero-order chi connectivity index (χ0) is 21.2. The molecule has 0 amide bonds. The third-order valence-corrected chi connectivity index (χ3v) is 5.67. The molecule has 8 nitrogen and oxygen atoms in total. The summed E-state index contributed by atoms with van der Waals surface area (Å²) in [4.78, 5) is 40.8. The van der Waals surface area contributed by atoms with Crippen LogP contribution in [0.4, 0.5) is 5.82 Å². The molecule has 5 rings (SSSR count). The van der Waals surface area contributed by atoms with Gasteiger partial charge in [0.1, 0.15) is 5.82 Å². The van der Waals surface area contributed by atoms with Crippen molar-refractivity contribution >= 4 is 17.3 Å². The van der Waals surface area contributed by atoms with Crippen LogP contribution < -0.4 is 21.3 Å². The largest absolute Gasteiger partial charge is 0.504 e. The van der Waals surface area contributed by atoms with Crippen molar-refractivity contribution in [3.05, 3.63) is 91.1 Å². The zero-order valence-electron chi connectivity index (χ0n) is 16.1. The Morgan fingerprint density at radius 1 is 1.07 bits per heavy atom. The van der Waals surface area contributed by atoms with Crippen LogP contribution in [0.5, 0.6) is 11.5 Å². The molecular weight excluding hydrogens is 386 g/mol. The van der Waals surface area contributed by atoms with Gasteiger partial charge < -0.3 is 15.2 Å². The molecule has 2 aromatic carbocycles. The summed E-state index contributed by atoms with van der Waals surface area (Å²) >= 11 is 0. The van der Waals surface area contributed by atoms with E-state index < -0.39 is 17.2 Å². The summed E-state index contributed by atoms with van der Waals surface area (Å²) in [6.45, 7) is 0. The average molecular weight is 403 g/mol. The highest BCUT2D eigenvalue weighted by Gasteiger charge is 2.42. The minimum Gasteiger partial charge on any atom is -0.504 e. The minimum absolute atomic E-state index is 0.0555. The van der Waals surface area contributed by atoms with E-state index in [0.29, 0.717) is 33.8 Å². The molecule has 0 saturated heterocycles. The van der Waals surface area contributed by atoms with Gasteiger partial charge in [-0.2, -0.15) is 0 Å². The number of rotatable bonds is 2. The number of benzene rings is 2. The number of anilines is 1. The molecule has 150 valence electrons. The number of allylic oxidation sites excluding steroid dienone is 1. The Morgan fingerprint density at radius 3 is 2.53 bits per heavy atom. The number of phenolic OH excluding ortho intramolecular Hbond substituents is 1. The number of H-pyrrole nitrogens is 1. The van der Waals surface area contributed by atoms with E-state index >= 15 is 0 Å². The molecule has 0 fully saturated rings. The number of methoxy groups -OCH3 is 1. The number of aromatic amines is 1. The summed E-state index contributed by atoms with van der Waals surface area (Å²) in [7, 11) is 2.97.